The van der Waals surface area contributed by atoms with E-state index in [1.807, 2.05) is 42.5 Å². The minimum atomic E-state index is 0.0630. The molecular formula is C22H20N4. The molecule has 0 unspecified atom stereocenters. The van der Waals surface area contributed by atoms with Crippen LogP contribution in [-0.2, 0) is 6.54 Å². The molecule has 0 aliphatic carbocycles. The second kappa shape index (κ2) is 6.48. The second-order valence-corrected chi connectivity index (χ2v) is 6.49. The lowest BCUT2D eigenvalue weighted by Crippen LogP contribution is -2.11. The maximum absolute atomic E-state index is 7.71. The third kappa shape index (κ3) is 2.97. The number of amidine groups is 1. The highest BCUT2D eigenvalue weighted by Crippen LogP contribution is 2.26. The first kappa shape index (κ1) is 16.1. The summed E-state index contributed by atoms with van der Waals surface area (Å²) >= 11 is 0. The summed E-state index contributed by atoms with van der Waals surface area (Å²) in [5.74, 6) is 0.947. The molecule has 1 aromatic heterocycles. The van der Waals surface area contributed by atoms with E-state index in [0.717, 1.165) is 29.0 Å². The molecule has 4 nitrogen and oxygen atoms in total. The van der Waals surface area contributed by atoms with Gasteiger partial charge in [-0.25, -0.2) is 4.98 Å². The Morgan fingerprint density at radius 3 is 2.54 bits per heavy atom. The predicted octanol–water partition coefficient (Wildman–Crippen LogP) is 4.34. The monoisotopic (exact) mass is 340 g/mol. The van der Waals surface area contributed by atoms with Crippen LogP contribution in [0, 0.1) is 12.3 Å². The van der Waals surface area contributed by atoms with Crippen LogP contribution in [-0.4, -0.2) is 15.4 Å². The van der Waals surface area contributed by atoms with Crippen molar-refractivity contribution in [2.75, 3.05) is 0 Å². The summed E-state index contributed by atoms with van der Waals surface area (Å²) < 4.78 is 2.22. The summed E-state index contributed by atoms with van der Waals surface area (Å²) in [5, 5.41) is 7.71. The fourth-order valence-electron chi connectivity index (χ4n) is 3.16. The number of imidazole rings is 1. The van der Waals surface area contributed by atoms with Crippen LogP contribution in [0.5, 0.6) is 0 Å². The molecule has 0 aliphatic heterocycles. The lowest BCUT2D eigenvalue weighted by Gasteiger charge is -2.11. The molecule has 26 heavy (non-hydrogen) atoms. The zero-order chi connectivity index (χ0) is 18.1. The summed E-state index contributed by atoms with van der Waals surface area (Å²) in [5.41, 5.74) is 11.9. The SMILES string of the molecule is Cc1ccc(Cn2c(-c3cccc(C(=N)N)c3)nc3ccccc32)cc1. The van der Waals surface area contributed by atoms with Crippen LogP contribution < -0.4 is 5.73 Å². The van der Waals surface area contributed by atoms with Crippen molar-refractivity contribution < 1.29 is 0 Å². The van der Waals surface area contributed by atoms with Gasteiger partial charge in [-0.2, -0.15) is 0 Å². The van der Waals surface area contributed by atoms with Crippen molar-refractivity contribution in [3.8, 4) is 11.4 Å². The van der Waals surface area contributed by atoms with E-state index in [0.29, 0.717) is 5.56 Å². The highest BCUT2D eigenvalue weighted by Gasteiger charge is 2.13. The number of nitrogens with zero attached hydrogens (tertiary/aromatic N) is 2. The first-order valence-electron chi connectivity index (χ1n) is 8.57. The topological polar surface area (TPSA) is 67.7 Å². The molecule has 0 saturated carbocycles. The van der Waals surface area contributed by atoms with E-state index in [1.54, 1.807) is 0 Å². The van der Waals surface area contributed by atoms with Gasteiger partial charge in [0, 0.05) is 17.7 Å². The number of nitrogen functional groups attached to an aromatic ring is 1. The number of hydrogen-bond donors (Lipinski definition) is 2. The van der Waals surface area contributed by atoms with E-state index in [9.17, 15) is 0 Å². The Morgan fingerprint density at radius 1 is 1.00 bits per heavy atom. The zero-order valence-corrected chi connectivity index (χ0v) is 14.6. The Kier molecular flexibility index (Phi) is 4.01. The van der Waals surface area contributed by atoms with Crippen LogP contribution in [0.3, 0.4) is 0 Å². The van der Waals surface area contributed by atoms with Crippen molar-refractivity contribution in [1.29, 1.82) is 5.41 Å². The number of fused-ring (bicyclic) bond motifs is 1. The molecule has 0 bridgehead atoms. The van der Waals surface area contributed by atoms with Crippen LogP contribution in [0.15, 0.2) is 72.8 Å². The Morgan fingerprint density at radius 2 is 1.77 bits per heavy atom. The van der Waals surface area contributed by atoms with Crippen LogP contribution in [0.1, 0.15) is 16.7 Å². The minimum Gasteiger partial charge on any atom is -0.384 e. The number of benzene rings is 3. The standard InChI is InChI=1S/C22H20N4/c1-15-9-11-16(12-10-15)14-26-20-8-3-2-7-19(20)25-22(26)18-6-4-5-17(13-18)21(23)24/h2-13H,14H2,1H3,(H3,23,24). The molecule has 4 heteroatoms. The summed E-state index contributed by atoms with van der Waals surface area (Å²) in [4.78, 5) is 4.85. The van der Waals surface area contributed by atoms with Gasteiger partial charge in [0.15, 0.2) is 0 Å². The molecule has 4 rings (SSSR count). The van der Waals surface area contributed by atoms with Crippen molar-refractivity contribution >= 4 is 16.9 Å². The molecule has 3 N–H and O–H groups in total. The number of hydrogen-bond acceptors (Lipinski definition) is 2. The third-order valence-corrected chi connectivity index (χ3v) is 4.55. The van der Waals surface area contributed by atoms with Gasteiger partial charge in [0.25, 0.3) is 0 Å². The first-order valence-corrected chi connectivity index (χ1v) is 8.57. The Bertz CT molecular complexity index is 1090. The molecule has 0 aliphatic rings. The van der Waals surface area contributed by atoms with E-state index in [1.165, 1.54) is 11.1 Å². The number of aryl methyl sites for hydroxylation is 1. The highest BCUT2D eigenvalue weighted by molar-refractivity contribution is 5.96. The lowest BCUT2D eigenvalue weighted by molar-refractivity contribution is 0.834. The normalized spacial score (nSPS) is 11.0. The molecule has 0 fully saturated rings. The number of rotatable bonds is 4. The number of aromatic nitrogens is 2. The molecule has 3 aromatic carbocycles. The van der Waals surface area contributed by atoms with Crippen LogP contribution in [0.25, 0.3) is 22.4 Å². The molecule has 0 spiro atoms. The van der Waals surface area contributed by atoms with Crippen molar-refractivity contribution in [3.05, 3.63) is 89.5 Å². The first-order chi connectivity index (χ1) is 12.6. The van der Waals surface area contributed by atoms with E-state index in [-0.39, 0.29) is 5.84 Å². The third-order valence-electron chi connectivity index (χ3n) is 4.55. The highest BCUT2D eigenvalue weighted by atomic mass is 15.1. The number of nitrogens with one attached hydrogen (secondary N) is 1. The van der Waals surface area contributed by atoms with Gasteiger partial charge in [-0.1, -0.05) is 60.2 Å². The van der Waals surface area contributed by atoms with Gasteiger partial charge in [0.2, 0.25) is 0 Å². The predicted molar refractivity (Wildman–Crippen MR) is 106 cm³/mol. The van der Waals surface area contributed by atoms with Gasteiger partial charge < -0.3 is 10.3 Å². The molecule has 0 saturated heterocycles. The smallest absolute Gasteiger partial charge is 0.141 e. The molecule has 0 atom stereocenters. The van der Waals surface area contributed by atoms with E-state index < -0.39 is 0 Å². The van der Waals surface area contributed by atoms with Gasteiger partial charge in [-0.05, 0) is 30.7 Å². The van der Waals surface area contributed by atoms with Gasteiger partial charge >= 0.3 is 0 Å². The van der Waals surface area contributed by atoms with Gasteiger partial charge in [0.1, 0.15) is 11.7 Å². The van der Waals surface area contributed by atoms with Crippen LogP contribution in [0.4, 0.5) is 0 Å². The summed E-state index contributed by atoms with van der Waals surface area (Å²) in [6.07, 6.45) is 0. The lowest BCUT2D eigenvalue weighted by atomic mass is 10.1. The molecule has 4 aromatic rings. The molecule has 1 heterocycles. The van der Waals surface area contributed by atoms with Gasteiger partial charge in [-0.3, -0.25) is 5.41 Å². The quantitative estimate of drug-likeness (QED) is 0.428. The maximum Gasteiger partial charge on any atom is 0.141 e. The minimum absolute atomic E-state index is 0.0630. The Balaban J connectivity index is 1.87. The largest absolute Gasteiger partial charge is 0.384 e. The molecule has 128 valence electrons. The van der Waals surface area contributed by atoms with E-state index in [2.05, 4.69) is 41.8 Å². The average Bonchev–Trinajstić information content (AvgIpc) is 3.02. The number of para-hydroxylation sites is 2. The fraction of sp³-hybridized carbons (Fsp3) is 0.0909. The summed E-state index contributed by atoms with van der Waals surface area (Å²) in [6.45, 7) is 2.83. The zero-order valence-electron chi connectivity index (χ0n) is 14.6. The van der Waals surface area contributed by atoms with Crippen molar-refractivity contribution in [1.82, 2.24) is 9.55 Å². The second-order valence-electron chi connectivity index (χ2n) is 6.49. The van der Waals surface area contributed by atoms with Crippen molar-refractivity contribution in [2.45, 2.75) is 13.5 Å². The van der Waals surface area contributed by atoms with E-state index >= 15 is 0 Å². The number of nitrogens with two attached hydrogens (primary N) is 1. The van der Waals surface area contributed by atoms with Crippen LogP contribution >= 0.6 is 0 Å². The van der Waals surface area contributed by atoms with Gasteiger partial charge in [0.05, 0.1) is 11.0 Å². The van der Waals surface area contributed by atoms with Crippen molar-refractivity contribution in [2.24, 2.45) is 5.73 Å². The Hall–Kier alpha value is -3.40. The van der Waals surface area contributed by atoms with E-state index in [4.69, 9.17) is 16.1 Å². The van der Waals surface area contributed by atoms with Gasteiger partial charge in [-0.15, -0.1) is 0 Å². The molecular weight excluding hydrogens is 320 g/mol. The fourth-order valence-corrected chi connectivity index (χ4v) is 3.16. The summed E-state index contributed by atoms with van der Waals surface area (Å²) in [7, 11) is 0. The molecule has 0 amide bonds. The maximum atomic E-state index is 7.71. The van der Waals surface area contributed by atoms with Crippen molar-refractivity contribution in [3.63, 3.8) is 0 Å². The Labute approximate surface area is 152 Å². The summed E-state index contributed by atoms with van der Waals surface area (Å²) in [6, 6.07) is 24.4. The molecule has 0 radical (unpaired) electrons. The van der Waals surface area contributed by atoms with Crippen LogP contribution in [0.2, 0.25) is 0 Å². The average molecular weight is 340 g/mol.